The third-order valence-electron chi connectivity index (χ3n) is 4.53. The standard InChI is InChI=1S/C19H25N3O.2ClH/c1-19(2,11-20)12-22(3)18(23)15-10-17(13-8-9-13)21-16-7-5-4-6-14(15)16;;/h4-7,10,13H,8-9,11-12,20H2,1-3H3;2*1H. The lowest BCUT2D eigenvalue weighted by atomic mass is 9.93. The number of para-hydroxylation sites is 1. The summed E-state index contributed by atoms with van der Waals surface area (Å²) >= 11 is 0. The SMILES string of the molecule is CN(CC(C)(C)CN)C(=O)c1cc(C2CC2)nc2ccccc12.Cl.Cl. The summed E-state index contributed by atoms with van der Waals surface area (Å²) in [4.78, 5) is 19.5. The van der Waals surface area contributed by atoms with Gasteiger partial charge in [0.1, 0.15) is 0 Å². The number of hydrogen-bond donors (Lipinski definition) is 1. The first-order chi connectivity index (χ1) is 10.9. The van der Waals surface area contributed by atoms with Gasteiger partial charge in [0.25, 0.3) is 5.91 Å². The van der Waals surface area contributed by atoms with Gasteiger partial charge in [-0.1, -0.05) is 32.0 Å². The molecule has 0 saturated heterocycles. The summed E-state index contributed by atoms with van der Waals surface area (Å²) in [5, 5.41) is 0.930. The second kappa shape index (κ2) is 8.35. The number of carbonyl (C=O) groups is 1. The Labute approximate surface area is 162 Å². The number of nitrogens with two attached hydrogens (primary N) is 1. The van der Waals surface area contributed by atoms with E-state index in [4.69, 9.17) is 10.7 Å². The fourth-order valence-corrected chi connectivity index (χ4v) is 2.95. The highest BCUT2D eigenvalue weighted by Gasteiger charge is 2.28. The molecule has 0 atom stereocenters. The Balaban J connectivity index is 0.00000156. The van der Waals surface area contributed by atoms with Gasteiger partial charge in [0.2, 0.25) is 0 Å². The summed E-state index contributed by atoms with van der Waals surface area (Å²) in [6, 6.07) is 9.90. The van der Waals surface area contributed by atoms with Crippen molar-refractivity contribution in [2.24, 2.45) is 11.1 Å². The number of amides is 1. The molecular formula is C19H27Cl2N3O. The quantitative estimate of drug-likeness (QED) is 0.847. The second-order valence-corrected chi connectivity index (χ2v) is 7.42. The van der Waals surface area contributed by atoms with E-state index in [0.717, 1.165) is 22.2 Å². The van der Waals surface area contributed by atoms with Crippen LogP contribution < -0.4 is 5.73 Å². The number of rotatable bonds is 5. The molecule has 1 fully saturated rings. The largest absolute Gasteiger partial charge is 0.341 e. The lowest BCUT2D eigenvalue weighted by Gasteiger charge is -2.29. The molecule has 1 aromatic heterocycles. The first-order valence-electron chi connectivity index (χ1n) is 8.26. The number of nitrogens with zero attached hydrogens (tertiary/aromatic N) is 2. The Bertz CT molecular complexity index is 745. The van der Waals surface area contributed by atoms with Crippen LogP contribution in [-0.4, -0.2) is 35.9 Å². The maximum Gasteiger partial charge on any atom is 0.254 e. The van der Waals surface area contributed by atoms with Crippen molar-refractivity contribution >= 4 is 41.6 Å². The van der Waals surface area contributed by atoms with Crippen molar-refractivity contribution in [2.45, 2.75) is 32.6 Å². The van der Waals surface area contributed by atoms with Crippen LogP contribution in [0.25, 0.3) is 10.9 Å². The Morgan fingerprint density at radius 2 is 1.92 bits per heavy atom. The summed E-state index contributed by atoms with van der Waals surface area (Å²) in [5.41, 5.74) is 8.44. The topological polar surface area (TPSA) is 59.2 Å². The molecule has 0 bridgehead atoms. The minimum atomic E-state index is -0.0907. The van der Waals surface area contributed by atoms with E-state index in [0.29, 0.717) is 19.0 Å². The minimum absolute atomic E-state index is 0. The molecule has 0 aliphatic heterocycles. The molecule has 3 rings (SSSR count). The molecule has 4 nitrogen and oxygen atoms in total. The molecule has 1 amide bonds. The predicted octanol–water partition coefficient (Wildman–Crippen LogP) is 4.01. The average Bonchev–Trinajstić information content (AvgIpc) is 3.37. The molecule has 25 heavy (non-hydrogen) atoms. The van der Waals surface area contributed by atoms with Crippen LogP contribution in [0.5, 0.6) is 0 Å². The van der Waals surface area contributed by atoms with Crippen LogP contribution in [-0.2, 0) is 0 Å². The Hall–Kier alpha value is -1.36. The highest BCUT2D eigenvalue weighted by molar-refractivity contribution is 6.06. The number of pyridine rings is 1. The summed E-state index contributed by atoms with van der Waals surface area (Å²) in [5.74, 6) is 0.573. The first kappa shape index (κ1) is 21.7. The van der Waals surface area contributed by atoms with Gasteiger partial charge < -0.3 is 10.6 Å². The fraction of sp³-hybridized carbons (Fsp3) is 0.474. The maximum absolute atomic E-state index is 13.0. The number of hydrogen-bond acceptors (Lipinski definition) is 3. The van der Waals surface area contributed by atoms with Crippen LogP contribution in [0.1, 0.15) is 48.7 Å². The summed E-state index contributed by atoms with van der Waals surface area (Å²) < 4.78 is 0. The third-order valence-corrected chi connectivity index (χ3v) is 4.53. The average molecular weight is 384 g/mol. The van der Waals surface area contributed by atoms with Crippen molar-refractivity contribution in [1.82, 2.24) is 9.88 Å². The van der Waals surface area contributed by atoms with Crippen LogP contribution >= 0.6 is 24.8 Å². The third kappa shape index (κ3) is 4.84. The zero-order valence-corrected chi connectivity index (χ0v) is 16.6. The van der Waals surface area contributed by atoms with Crippen LogP contribution in [0.15, 0.2) is 30.3 Å². The zero-order valence-electron chi connectivity index (χ0n) is 15.0. The van der Waals surface area contributed by atoms with Crippen molar-refractivity contribution in [3.05, 3.63) is 41.6 Å². The van der Waals surface area contributed by atoms with Crippen molar-refractivity contribution in [3.63, 3.8) is 0 Å². The highest BCUT2D eigenvalue weighted by atomic mass is 35.5. The summed E-state index contributed by atoms with van der Waals surface area (Å²) in [7, 11) is 1.85. The molecule has 0 unspecified atom stereocenters. The van der Waals surface area contributed by atoms with E-state index >= 15 is 0 Å². The molecule has 1 aliphatic carbocycles. The molecular weight excluding hydrogens is 357 g/mol. The van der Waals surface area contributed by atoms with Gasteiger partial charge in [0.15, 0.2) is 0 Å². The van der Waals surface area contributed by atoms with E-state index in [9.17, 15) is 4.79 Å². The summed E-state index contributed by atoms with van der Waals surface area (Å²) in [6.45, 7) is 5.35. The number of halogens is 2. The fourth-order valence-electron chi connectivity index (χ4n) is 2.95. The van der Waals surface area contributed by atoms with Gasteiger partial charge in [0, 0.05) is 30.6 Å². The number of carbonyl (C=O) groups excluding carboxylic acids is 1. The molecule has 1 aliphatic rings. The molecule has 0 spiro atoms. The van der Waals surface area contributed by atoms with Crippen LogP contribution in [0.4, 0.5) is 0 Å². The lowest BCUT2D eigenvalue weighted by Crippen LogP contribution is -2.39. The molecule has 2 N–H and O–H groups in total. The van der Waals surface area contributed by atoms with E-state index in [-0.39, 0.29) is 36.1 Å². The zero-order chi connectivity index (χ0) is 16.6. The van der Waals surface area contributed by atoms with E-state index in [1.807, 2.05) is 37.4 Å². The van der Waals surface area contributed by atoms with E-state index < -0.39 is 0 Å². The first-order valence-corrected chi connectivity index (χ1v) is 8.26. The highest BCUT2D eigenvalue weighted by Crippen LogP contribution is 2.40. The molecule has 2 aromatic rings. The number of fused-ring (bicyclic) bond motifs is 1. The monoisotopic (exact) mass is 383 g/mol. The molecule has 0 radical (unpaired) electrons. The van der Waals surface area contributed by atoms with Crippen molar-refractivity contribution in [1.29, 1.82) is 0 Å². The van der Waals surface area contributed by atoms with Crippen molar-refractivity contribution in [2.75, 3.05) is 20.1 Å². The van der Waals surface area contributed by atoms with E-state index in [1.165, 1.54) is 12.8 Å². The molecule has 1 aromatic carbocycles. The van der Waals surface area contributed by atoms with Crippen LogP contribution in [0.3, 0.4) is 0 Å². The van der Waals surface area contributed by atoms with Gasteiger partial charge >= 0.3 is 0 Å². The van der Waals surface area contributed by atoms with Crippen molar-refractivity contribution in [3.8, 4) is 0 Å². The smallest absolute Gasteiger partial charge is 0.254 e. The van der Waals surface area contributed by atoms with Gasteiger partial charge in [-0.2, -0.15) is 0 Å². The minimum Gasteiger partial charge on any atom is -0.341 e. The Kier molecular flexibility index (Phi) is 7.24. The van der Waals surface area contributed by atoms with E-state index in [2.05, 4.69) is 13.8 Å². The molecule has 1 saturated carbocycles. The summed E-state index contributed by atoms with van der Waals surface area (Å²) in [6.07, 6.45) is 2.35. The van der Waals surface area contributed by atoms with Gasteiger partial charge in [0.05, 0.1) is 11.1 Å². The normalized spacial score (nSPS) is 13.8. The predicted molar refractivity (Wildman–Crippen MR) is 108 cm³/mol. The van der Waals surface area contributed by atoms with Gasteiger partial charge in [-0.05, 0) is 36.9 Å². The molecule has 138 valence electrons. The number of aromatic nitrogens is 1. The second-order valence-electron chi connectivity index (χ2n) is 7.42. The Morgan fingerprint density at radius 1 is 1.28 bits per heavy atom. The lowest BCUT2D eigenvalue weighted by molar-refractivity contribution is 0.0742. The molecule has 6 heteroatoms. The number of benzene rings is 1. The van der Waals surface area contributed by atoms with Gasteiger partial charge in [-0.15, -0.1) is 24.8 Å². The van der Waals surface area contributed by atoms with Gasteiger partial charge in [-0.3, -0.25) is 9.78 Å². The van der Waals surface area contributed by atoms with Crippen LogP contribution in [0.2, 0.25) is 0 Å². The van der Waals surface area contributed by atoms with Crippen molar-refractivity contribution < 1.29 is 4.79 Å². The molecule has 1 heterocycles. The van der Waals surface area contributed by atoms with Gasteiger partial charge in [-0.25, -0.2) is 0 Å². The Morgan fingerprint density at radius 3 is 2.52 bits per heavy atom. The maximum atomic E-state index is 13.0. The van der Waals surface area contributed by atoms with E-state index in [1.54, 1.807) is 4.90 Å². The van der Waals surface area contributed by atoms with Crippen LogP contribution in [0, 0.1) is 5.41 Å².